The van der Waals surface area contributed by atoms with Crippen molar-refractivity contribution >= 4 is 11.6 Å². The number of halogens is 1. The number of hydrogen-bond acceptors (Lipinski definition) is 4. The zero-order valence-corrected chi connectivity index (χ0v) is 18.7. The summed E-state index contributed by atoms with van der Waals surface area (Å²) < 4.78 is 17.0. The summed E-state index contributed by atoms with van der Waals surface area (Å²) in [6, 6.07) is 3.01. The number of nitrogens with zero attached hydrogens (tertiary/aromatic N) is 2. The molecule has 4 N–H and O–H groups in total. The summed E-state index contributed by atoms with van der Waals surface area (Å²) in [5, 5.41) is 17.9. The summed E-state index contributed by atoms with van der Waals surface area (Å²) in [4.78, 5) is 12.0. The van der Waals surface area contributed by atoms with Crippen molar-refractivity contribution in [3.8, 4) is 5.69 Å². The van der Waals surface area contributed by atoms with Gasteiger partial charge in [-0.05, 0) is 74.5 Å². The van der Waals surface area contributed by atoms with Crippen LogP contribution in [0.25, 0.3) is 5.69 Å². The van der Waals surface area contributed by atoms with Crippen molar-refractivity contribution in [1.29, 1.82) is 0 Å². The van der Waals surface area contributed by atoms with Crippen molar-refractivity contribution < 1.29 is 14.3 Å². The first kappa shape index (κ1) is 21.8. The molecule has 2 aliphatic rings. The predicted octanol–water partition coefficient (Wildman–Crippen LogP) is 3.90. The Kier molecular flexibility index (Phi) is 5.81. The Labute approximate surface area is 183 Å². The first-order chi connectivity index (χ1) is 14.7. The van der Waals surface area contributed by atoms with Crippen molar-refractivity contribution in [3.05, 3.63) is 40.5 Å². The molecular weight excluding hydrogens is 395 g/mol. The maximum absolute atomic E-state index is 15.3. The van der Waals surface area contributed by atoms with Crippen molar-refractivity contribution in [2.24, 2.45) is 11.1 Å². The van der Waals surface area contributed by atoms with Gasteiger partial charge in [0.05, 0.1) is 17.4 Å². The number of nitrogens with two attached hydrogens (primary N) is 1. The molecule has 1 aromatic carbocycles. The van der Waals surface area contributed by atoms with E-state index in [1.807, 2.05) is 0 Å². The van der Waals surface area contributed by atoms with Crippen LogP contribution in [0.1, 0.15) is 80.2 Å². The molecule has 1 saturated carbocycles. The molecule has 2 aromatic rings. The van der Waals surface area contributed by atoms with Gasteiger partial charge in [0.2, 0.25) is 0 Å². The van der Waals surface area contributed by atoms with Gasteiger partial charge in [-0.3, -0.25) is 4.79 Å². The van der Waals surface area contributed by atoms with E-state index in [-0.39, 0.29) is 23.1 Å². The Bertz CT molecular complexity index is 990. The lowest BCUT2D eigenvalue weighted by molar-refractivity contribution is 0.1000. The number of amides is 1. The number of carbonyl (C=O) groups is 1. The lowest BCUT2D eigenvalue weighted by atomic mass is 9.76. The number of nitrogens with one attached hydrogen (secondary N) is 1. The van der Waals surface area contributed by atoms with Crippen LogP contribution in [0.4, 0.5) is 10.1 Å². The van der Waals surface area contributed by atoms with Gasteiger partial charge in [0.1, 0.15) is 11.5 Å². The topological polar surface area (TPSA) is 93.2 Å². The molecule has 0 saturated heterocycles. The summed E-state index contributed by atoms with van der Waals surface area (Å²) in [5.41, 5.74) is 10.0. The van der Waals surface area contributed by atoms with E-state index in [0.717, 1.165) is 49.9 Å². The van der Waals surface area contributed by atoms with Crippen LogP contribution in [0.2, 0.25) is 0 Å². The Balaban J connectivity index is 1.77. The minimum Gasteiger partial charge on any atom is -0.393 e. The number of primary amides is 1. The molecule has 6 nitrogen and oxygen atoms in total. The number of aromatic nitrogens is 2. The van der Waals surface area contributed by atoms with Crippen LogP contribution < -0.4 is 11.1 Å². The highest BCUT2D eigenvalue weighted by atomic mass is 19.1. The van der Waals surface area contributed by atoms with Crippen LogP contribution >= 0.6 is 0 Å². The molecule has 0 unspecified atom stereocenters. The molecule has 2 aliphatic carbocycles. The van der Waals surface area contributed by atoms with Crippen molar-refractivity contribution in [2.45, 2.75) is 84.3 Å². The highest BCUT2D eigenvalue weighted by molar-refractivity contribution is 5.99. The second-order valence-electron chi connectivity index (χ2n) is 9.84. The minimum atomic E-state index is -0.665. The van der Waals surface area contributed by atoms with Crippen LogP contribution in [0, 0.1) is 11.2 Å². The highest BCUT2D eigenvalue weighted by Crippen LogP contribution is 2.38. The van der Waals surface area contributed by atoms with E-state index in [1.165, 1.54) is 11.6 Å². The molecule has 0 aliphatic heterocycles. The third kappa shape index (κ3) is 4.33. The molecule has 4 rings (SSSR count). The predicted molar refractivity (Wildman–Crippen MR) is 119 cm³/mol. The average molecular weight is 429 g/mol. The van der Waals surface area contributed by atoms with E-state index in [1.54, 1.807) is 10.7 Å². The van der Waals surface area contributed by atoms with E-state index < -0.39 is 11.7 Å². The number of aliphatic hydroxyl groups excluding tert-OH is 1. The van der Waals surface area contributed by atoms with Crippen molar-refractivity contribution in [1.82, 2.24) is 9.78 Å². The maximum atomic E-state index is 15.3. The molecule has 1 amide bonds. The lowest BCUT2D eigenvalue weighted by Gasteiger charge is -2.30. The molecule has 168 valence electrons. The van der Waals surface area contributed by atoms with Crippen molar-refractivity contribution in [2.75, 3.05) is 5.32 Å². The zero-order chi connectivity index (χ0) is 22.3. The molecule has 0 radical (unpaired) electrons. The van der Waals surface area contributed by atoms with Gasteiger partial charge >= 0.3 is 0 Å². The van der Waals surface area contributed by atoms with E-state index >= 15 is 4.39 Å². The molecule has 1 aromatic heterocycles. The Morgan fingerprint density at radius 3 is 2.68 bits per heavy atom. The molecule has 0 spiro atoms. The first-order valence-corrected chi connectivity index (χ1v) is 11.4. The average Bonchev–Trinajstić information content (AvgIpc) is 3.07. The van der Waals surface area contributed by atoms with Gasteiger partial charge in [-0.1, -0.05) is 20.8 Å². The zero-order valence-electron chi connectivity index (χ0n) is 18.7. The largest absolute Gasteiger partial charge is 0.393 e. The fourth-order valence-corrected chi connectivity index (χ4v) is 4.98. The summed E-state index contributed by atoms with van der Waals surface area (Å²) in [5.74, 6) is -1.17. The molecule has 0 atom stereocenters. The number of aryl methyl sites for hydroxylation is 1. The first-order valence-electron chi connectivity index (χ1n) is 11.4. The number of aliphatic hydroxyl groups is 1. The molecule has 1 heterocycles. The number of hydrogen-bond donors (Lipinski definition) is 3. The van der Waals surface area contributed by atoms with Gasteiger partial charge in [0.25, 0.3) is 5.91 Å². The third-order valence-electron chi connectivity index (χ3n) is 6.84. The lowest BCUT2D eigenvalue weighted by Crippen LogP contribution is -2.29. The van der Waals surface area contributed by atoms with Crippen LogP contribution in [0.5, 0.6) is 0 Å². The number of carbonyl (C=O) groups excluding carboxylic acids is 1. The standard InChI is InChI=1S/C24H33FN4O2/c1-4-19-16-9-10-24(2,3)13-22(16)29(28-19)21-12-20(17(23(26)31)11-18(21)25)27-14-5-7-15(30)8-6-14/h11-12,14-15,27,30H,4-10,13H2,1-3H3,(H2,26,31)/t14-,15-. The Morgan fingerprint density at radius 1 is 1.32 bits per heavy atom. The summed E-state index contributed by atoms with van der Waals surface area (Å²) >= 11 is 0. The van der Waals surface area contributed by atoms with E-state index in [9.17, 15) is 9.90 Å². The normalized spacial score (nSPS) is 22.7. The molecule has 7 heteroatoms. The minimum absolute atomic E-state index is 0.108. The van der Waals surface area contributed by atoms with Crippen LogP contribution in [0.15, 0.2) is 12.1 Å². The van der Waals surface area contributed by atoms with Crippen LogP contribution in [-0.2, 0) is 19.3 Å². The second kappa shape index (κ2) is 8.26. The molecule has 0 bridgehead atoms. The van der Waals surface area contributed by atoms with Gasteiger partial charge < -0.3 is 16.2 Å². The Hall–Kier alpha value is -2.41. The number of benzene rings is 1. The Morgan fingerprint density at radius 2 is 2.03 bits per heavy atom. The molecule has 1 fully saturated rings. The smallest absolute Gasteiger partial charge is 0.250 e. The van der Waals surface area contributed by atoms with E-state index in [2.05, 4.69) is 26.1 Å². The van der Waals surface area contributed by atoms with E-state index in [4.69, 9.17) is 10.8 Å². The van der Waals surface area contributed by atoms with Gasteiger partial charge in [-0.2, -0.15) is 5.10 Å². The summed E-state index contributed by atoms with van der Waals surface area (Å²) in [6.07, 6.45) is 6.38. The van der Waals surface area contributed by atoms with Gasteiger partial charge in [-0.15, -0.1) is 0 Å². The fourth-order valence-electron chi connectivity index (χ4n) is 4.98. The van der Waals surface area contributed by atoms with Gasteiger partial charge in [0.15, 0.2) is 0 Å². The highest BCUT2D eigenvalue weighted by Gasteiger charge is 2.32. The number of anilines is 1. The monoisotopic (exact) mass is 428 g/mol. The van der Waals surface area contributed by atoms with Crippen molar-refractivity contribution in [3.63, 3.8) is 0 Å². The molecule has 31 heavy (non-hydrogen) atoms. The number of fused-ring (bicyclic) bond motifs is 1. The van der Waals surface area contributed by atoms with Gasteiger partial charge in [-0.25, -0.2) is 9.07 Å². The third-order valence-corrected chi connectivity index (χ3v) is 6.84. The number of rotatable bonds is 5. The SMILES string of the molecule is CCc1nn(-c2cc(N[C@H]3CC[C@H](O)CC3)c(C(N)=O)cc2F)c2c1CCC(C)(C)C2. The second-order valence-corrected chi connectivity index (χ2v) is 9.84. The van der Waals surface area contributed by atoms with Crippen LogP contribution in [-0.4, -0.2) is 32.9 Å². The summed E-state index contributed by atoms with van der Waals surface area (Å²) in [6.45, 7) is 6.54. The molecular formula is C24H33FN4O2. The maximum Gasteiger partial charge on any atom is 0.250 e. The summed E-state index contributed by atoms with van der Waals surface area (Å²) in [7, 11) is 0. The van der Waals surface area contributed by atoms with E-state index in [0.29, 0.717) is 24.2 Å². The van der Waals surface area contributed by atoms with Gasteiger partial charge in [0, 0.05) is 17.4 Å². The van der Waals surface area contributed by atoms with Crippen LogP contribution in [0.3, 0.4) is 0 Å². The fraction of sp³-hybridized carbons (Fsp3) is 0.583. The quantitative estimate of drug-likeness (QED) is 0.673.